The van der Waals surface area contributed by atoms with Gasteiger partial charge in [-0.3, -0.25) is 9.59 Å². The number of hydrogen-bond donors (Lipinski definition) is 1. The zero-order chi connectivity index (χ0) is 18.0. The molecule has 1 heterocycles. The molecule has 0 saturated carbocycles. The number of hydrogen-bond acceptors (Lipinski definition) is 4. The average molecular weight is 358 g/mol. The number of carboxylic acids is 1. The Bertz CT molecular complexity index is 835. The molecular formula is C18H14ClN2O4-. The highest BCUT2D eigenvalue weighted by atomic mass is 35.5. The Balaban J connectivity index is 1.67. The Labute approximate surface area is 149 Å². The van der Waals surface area contributed by atoms with Crippen LogP contribution in [0.2, 0.25) is 5.02 Å². The molecule has 0 bridgehead atoms. The lowest BCUT2D eigenvalue weighted by atomic mass is 10.1. The van der Waals surface area contributed by atoms with Crippen LogP contribution >= 0.6 is 11.6 Å². The topological polar surface area (TPSA) is 89.5 Å². The Morgan fingerprint density at radius 1 is 1.16 bits per heavy atom. The summed E-state index contributed by atoms with van der Waals surface area (Å²) in [6.45, 7) is 0.266. The van der Waals surface area contributed by atoms with Crippen molar-refractivity contribution < 1.29 is 19.5 Å². The fourth-order valence-corrected chi connectivity index (χ4v) is 2.90. The van der Waals surface area contributed by atoms with Crippen LogP contribution in [-0.2, 0) is 9.59 Å². The van der Waals surface area contributed by atoms with Gasteiger partial charge in [-0.25, -0.2) is 0 Å². The maximum absolute atomic E-state index is 12.4. The molecule has 1 atom stereocenters. The number of nitrogens with zero attached hydrogens (tertiary/aromatic N) is 1. The van der Waals surface area contributed by atoms with Gasteiger partial charge in [0.15, 0.2) is 0 Å². The van der Waals surface area contributed by atoms with Crippen molar-refractivity contribution in [3.05, 3.63) is 59.1 Å². The van der Waals surface area contributed by atoms with E-state index in [-0.39, 0.29) is 30.3 Å². The van der Waals surface area contributed by atoms with Crippen LogP contribution in [0.1, 0.15) is 16.8 Å². The SMILES string of the molecule is O=C([O-])c1ccc(NC(=O)[C@@H]2CC(=O)N(c3cccc(Cl)c3)C2)cc1. The van der Waals surface area contributed by atoms with E-state index in [1.54, 1.807) is 24.3 Å². The first kappa shape index (κ1) is 17.0. The molecule has 0 spiro atoms. The highest BCUT2D eigenvalue weighted by molar-refractivity contribution is 6.31. The van der Waals surface area contributed by atoms with Gasteiger partial charge in [0.05, 0.1) is 11.9 Å². The second-order valence-corrected chi connectivity index (χ2v) is 6.18. The molecule has 6 nitrogen and oxygen atoms in total. The Morgan fingerprint density at radius 2 is 1.88 bits per heavy atom. The summed E-state index contributed by atoms with van der Waals surface area (Å²) in [4.78, 5) is 36.8. The van der Waals surface area contributed by atoms with E-state index in [4.69, 9.17) is 11.6 Å². The number of carboxylic acid groups (broad SMARTS) is 1. The third kappa shape index (κ3) is 3.80. The molecule has 0 aliphatic carbocycles. The van der Waals surface area contributed by atoms with Crippen LogP contribution in [0.25, 0.3) is 0 Å². The number of anilines is 2. The molecule has 0 unspecified atom stereocenters. The standard InChI is InChI=1S/C18H15ClN2O4/c19-13-2-1-3-15(9-13)21-10-12(8-16(21)22)17(23)20-14-6-4-11(5-7-14)18(24)25/h1-7,9,12H,8,10H2,(H,20,23)(H,24,25)/p-1/t12-/m1/s1. The normalized spacial score (nSPS) is 16.8. The minimum atomic E-state index is -1.28. The van der Waals surface area contributed by atoms with E-state index in [2.05, 4.69) is 5.32 Å². The highest BCUT2D eigenvalue weighted by Crippen LogP contribution is 2.27. The maximum atomic E-state index is 12.4. The number of carbonyl (C=O) groups excluding carboxylic acids is 3. The van der Waals surface area contributed by atoms with Crippen LogP contribution in [0.3, 0.4) is 0 Å². The molecule has 7 heteroatoms. The predicted molar refractivity (Wildman–Crippen MR) is 91.3 cm³/mol. The van der Waals surface area contributed by atoms with Gasteiger partial charge in [-0.2, -0.15) is 0 Å². The Morgan fingerprint density at radius 3 is 2.52 bits per heavy atom. The second-order valence-electron chi connectivity index (χ2n) is 5.74. The number of nitrogens with one attached hydrogen (secondary N) is 1. The van der Waals surface area contributed by atoms with E-state index < -0.39 is 11.9 Å². The minimum absolute atomic E-state index is 0.0289. The van der Waals surface area contributed by atoms with E-state index in [1.807, 2.05) is 0 Å². The molecule has 2 amide bonds. The van der Waals surface area contributed by atoms with Crippen molar-refractivity contribution in [3.8, 4) is 0 Å². The third-order valence-corrected chi connectivity index (χ3v) is 4.24. The molecule has 0 radical (unpaired) electrons. The number of benzene rings is 2. The molecule has 1 saturated heterocycles. The molecule has 0 aromatic heterocycles. The van der Waals surface area contributed by atoms with E-state index >= 15 is 0 Å². The summed E-state index contributed by atoms with van der Waals surface area (Å²) >= 11 is 5.95. The van der Waals surface area contributed by atoms with Gasteiger partial charge in [0, 0.05) is 29.4 Å². The predicted octanol–water partition coefficient (Wildman–Crippen LogP) is 1.70. The molecule has 1 fully saturated rings. The number of amides is 2. The van der Waals surface area contributed by atoms with Crippen molar-refractivity contribution in [2.24, 2.45) is 5.92 Å². The van der Waals surface area contributed by atoms with Crippen molar-refractivity contribution in [2.75, 3.05) is 16.8 Å². The largest absolute Gasteiger partial charge is 0.545 e. The number of halogens is 1. The smallest absolute Gasteiger partial charge is 0.229 e. The summed E-state index contributed by atoms with van der Waals surface area (Å²) in [5.41, 5.74) is 1.15. The van der Waals surface area contributed by atoms with E-state index in [0.717, 1.165) is 0 Å². The zero-order valence-corrected chi connectivity index (χ0v) is 13.8. The summed E-state index contributed by atoms with van der Waals surface area (Å²) in [6.07, 6.45) is 0.107. The van der Waals surface area contributed by atoms with Crippen molar-refractivity contribution in [3.63, 3.8) is 0 Å². The average Bonchev–Trinajstić information content (AvgIpc) is 2.97. The molecule has 1 N–H and O–H groups in total. The molecule has 2 aromatic carbocycles. The van der Waals surface area contributed by atoms with Gasteiger partial charge < -0.3 is 20.1 Å². The molecule has 3 rings (SSSR count). The fraction of sp³-hybridized carbons (Fsp3) is 0.167. The van der Waals surface area contributed by atoms with Gasteiger partial charge in [-0.1, -0.05) is 29.8 Å². The quantitative estimate of drug-likeness (QED) is 0.901. The van der Waals surface area contributed by atoms with Crippen LogP contribution in [0.15, 0.2) is 48.5 Å². The van der Waals surface area contributed by atoms with Crippen LogP contribution in [-0.4, -0.2) is 24.3 Å². The Hall–Kier alpha value is -2.86. The van der Waals surface area contributed by atoms with Crippen molar-refractivity contribution in [1.29, 1.82) is 0 Å². The summed E-state index contributed by atoms with van der Waals surface area (Å²) in [6, 6.07) is 12.6. The Kier molecular flexibility index (Phi) is 4.72. The van der Waals surface area contributed by atoms with Crippen molar-refractivity contribution in [2.45, 2.75) is 6.42 Å². The van der Waals surface area contributed by atoms with Gasteiger partial charge in [0.1, 0.15) is 0 Å². The third-order valence-electron chi connectivity index (χ3n) is 4.00. The summed E-state index contributed by atoms with van der Waals surface area (Å²) < 4.78 is 0. The molecule has 25 heavy (non-hydrogen) atoms. The van der Waals surface area contributed by atoms with E-state index in [1.165, 1.54) is 29.2 Å². The fourth-order valence-electron chi connectivity index (χ4n) is 2.71. The minimum Gasteiger partial charge on any atom is -0.545 e. The summed E-state index contributed by atoms with van der Waals surface area (Å²) in [5.74, 6) is -2.21. The summed E-state index contributed by atoms with van der Waals surface area (Å²) in [5, 5.41) is 13.9. The number of rotatable bonds is 4. The lowest BCUT2D eigenvalue weighted by Crippen LogP contribution is -2.28. The van der Waals surface area contributed by atoms with Crippen LogP contribution in [0.5, 0.6) is 0 Å². The van der Waals surface area contributed by atoms with Gasteiger partial charge in [0.25, 0.3) is 0 Å². The molecule has 128 valence electrons. The molecular weight excluding hydrogens is 344 g/mol. The van der Waals surface area contributed by atoms with Gasteiger partial charge in [0.2, 0.25) is 11.8 Å². The first-order valence-electron chi connectivity index (χ1n) is 7.62. The van der Waals surface area contributed by atoms with Crippen LogP contribution < -0.4 is 15.3 Å². The van der Waals surface area contributed by atoms with Crippen LogP contribution in [0.4, 0.5) is 11.4 Å². The lowest BCUT2D eigenvalue weighted by molar-refractivity contribution is -0.255. The zero-order valence-electron chi connectivity index (χ0n) is 13.1. The maximum Gasteiger partial charge on any atom is 0.229 e. The van der Waals surface area contributed by atoms with E-state index in [9.17, 15) is 19.5 Å². The van der Waals surface area contributed by atoms with E-state index in [0.29, 0.717) is 16.4 Å². The highest BCUT2D eigenvalue weighted by Gasteiger charge is 2.35. The number of carbonyl (C=O) groups is 3. The van der Waals surface area contributed by atoms with Gasteiger partial charge in [-0.15, -0.1) is 0 Å². The second kappa shape index (κ2) is 6.94. The first-order valence-corrected chi connectivity index (χ1v) is 8.00. The monoisotopic (exact) mass is 357 g/mol. The van der Waals surface area contributed by atoms with Crippen molar-refractivity contribution >= 4 is 40.8 Å². The lowest BCUT2D eigenvalue weighted by Gasteiger charge is -2.17. The number of aromatic carboxylic acids is 1. The van der Waals surface area contributed by atoms with Crippen molar-refractivity contribution in [1.82, 2.24) is 0 Å². The summed E-state index contributed by atoms with van der Waals surface area (Å²) in [7, 11) is 0. The van der Waals surface area contributed by atoms with Crippen LogP contribution in [0, 0.1) is 5.92 Å². The molecule has 2 aromatic rings. The van der Waals surface area contributed by atoms with Gasteiger partial charge >= 0.3 is 0 Å². The molecule has 1 aliphatic heterocycles. The first-order chi connectivity index (χ1) is 11.9. The van der Waals surface area contributed by atoms with Gasteiger partial charge in [-0.05, 0) is 35.9 Å². The molecule has 1 aliphatic rings.